The first-order valence-electron chi connectivity index (χ1n) is 21.9. The Morgan fingerprint density at radius 3 is 2.38 bits per heavy atom. The molecule has 2 saturated heterocycles. The summed E-state index contributed by atoms with van der Waals surface area (Å²) >= 11 is 5.53. The molecular formula is C49H49F5N8O5S. The van der Waals surface area contributed by atoms with E-state index in [2.05, 4.69) is 20.3 Å². The number of carbonyl (C=O) groups excluding carboxylic acids is 3. The van der Waals surface area contributed by atoms with Crippen LogP contribution in [0.3, 0.4) is 0 Å². The first-order valence-corrected chi connectivity index (χ1v) is 22.3. The number of rotatable bonds is 15. The highest BCUT2D eigenvalue weighted by atomic mass is 32.1. The number of likely N-dealkylation sites (tertiary alicyclic amines) is 1. The number of benzene rings is 3. The second kappa shape index (κ2) is 19.8. The zero-order valence-electron chi connectivity index (χ0n) is 37.9. The molecule has 7 rings (SSSR count). The average molecular weight is 957 g/mol. The lowest BCUT2D eigenvalue weighted by Crippen LogP contribution is -2.55. The molecule has 2 aliphatic rings. The maximum absolute atomic E-state index is 15.4. The van der Waals surface area contributed by atoms with E-state index in [1.165, 1.54) is 43.1 Å². The van der Waals surface area contributed by atoms with Crippen molar-refractivity contribution < 1.29 is 45.8 Å². The van der Waals surface area contributed by atoms with E-state index in [0.29, 0.717) is 78.1 Å². The molecule has 2 unspecified atom stereocenters. The van der Waals surface area contributed by atoms with Crippen LogP contribution in [-0.2, 0) is 25.3 Å². The molecule has 5 aromatic rings. The van der Waals surface area contributed by atoms with E-state index in [0.717, 1.165) is 24.1 Å². The van der Waals surface area contributed by atoms with Gasteiger partial charge in [0.05, 0.1) is 59.4 Å². The summed E-state index contributed by atoms with van der Waals surface area (Å²) in [6.07, 6.45) is 0.598. The quantitative estimate of drug-likeness (QED) is 0.0589. The molecule has 0 aliphatic carbocycles. The van der Waals surface area contributed by atoms with Crippen LogP contribution in [0.25, 0.3) is 22.5 Å². The average Bonchev–Trinajstić information content (AvgIpc) is 4.02. The molecule has 2 fully saturated rings. The SMILES string of the molecule is CC(C)(C)C(NC(=O)COCCCCOc1ccc(-c2ccc(N3C(=S)N(c4ccc(C#N)c(C(F)(F)F)c4F)C(=O)C3(C)C)cn2)cc1)C(=O)N1CCCC1c1ncc(-c2cccc(F)c2)[nH]1. The number of aromatic nitrogens is 3. The number of aromatic amines is 1. The topological polar surface area (TPSA) is 157 Å². The fraction of sp³-hybridized carbons (Fsp3) is 0.367. The zero-order chi connectivity index (χ0) is 49.1. The molecule has 2 atom stereocenters. The lowest BCUT2D eigenvalue weighted by atomic mass is 9.85. The molecule has 4 heterocycles. The molecule has 0 saturated carbocycles. The van der Waals surface area contributed by atoms with Crippen LogP contribution in [0.5, 0.6) is 5.75 Å². The van der Waals surface area contributed by atoms with Crippen LogP contribution in [0, 0.1) is 28.4 Å². The molecule has 2 aromatic heterocycles. The van der Waals surface area contributed by atoms with Gasteiger partial charge in [-0.3, -0.25) is 24.3 Å². The Balaban J connectivity index is 0.864. The molecule has 0 bridgehead atoms. The van der Waals surface area contributed by atoms with Crippen molar-refractivity contribution in [1.82, 2.24) is 25.2 Å². The number of anilines is 2. The minimum atomic E-state index is -5.19. The summed E-state index contributed by atoms with van der Waals surface area (Å²) in [6.45, 7) is 9.64. The third kappa shape index (κ3) is 10.4. The van der Waals surface area contributed by atoms with Crippen molar-refractivity contribution in [1.29, 1.82) is 5.26 Å². The molecule has 68 heavy (non-hydrogen) atoms. The van der Waals surface area contributed by atoms with Gasteiger partial charge >= 0.3 is 6.18 Å². The summed E-state index contributed by atoms with van der Waals surface area (Å²) in [5.41, 5.74) is -2.52. The van der Waals surface area contributed by atoms with Crippen molar-refractivity contribution in [3.05, 3.63) is 114 Å². The first-order chi connectivity index (χ1) is 32.2. The van der Waals surface area contributed by atoms with Crippen LogP contribution in [0.2, 0.25) is 0 Å². The Bertz CT molecular complexity index is 2730. The van der Waals surface area contributed by atoms with E-state index in [9.17, 15) is 37.2 Å². The summed E-state index contributed by atoms with van der Waals surface area (Å²) < 4.78 is 82.1. The second-order valence-corrected chi connectivity index (χ2v) is 18.4. The van der Waals surface area contributed by atoms with Crippen molar-refractivity contribution in [2.24, 2.45) is 5.41 Å². The van der Waals surface area contributed by atoms with Gasteiger partial charge in [-0.2, -0.15) is 18.4 Å². The predicted octanol–water partition coefficient (Wildman–Crippen LogP) is 9.29. The zero-order valence-corrected chi connectivity index (χ0v) is 38.7. The molecule has 2 aliphatic heterocycles. The summed E-state index contributed by atoms with van der Waals surface area (Å²) in [7, 11) is 0. The van der Waals surface area contributed by atoms with Gasteiger partial charge in [0, 0.05) is 24.3 Å². The van der Waals surface area contributed by atoms with Crippen LogP contribution < -0.4 is 19.9 Å². The largest absolute Gasteiger partial charge is 0.494 e. The van der Waals surface area contributed by atoms with E-state index in [1.807, 2.05) is 32.9 Å². The van der Waals surface area contributed by atoms with Gasteiger partial charge in [-0.05, 0) is 118 Å². The Morgan fingerprint density at radius 2 is 1.72 bits per heavy atom. The summed E-state index contributed by atoms with van der Waals surface area (Å²) in [5.74, 6) is -2.32. The minimum absolute atomic E-state index is 0.214. The number of carbonyl (C=O) groups is 3. The number of halogens is 5. The molecule has 2 N–H and O–H groups in total. The molecule has 0 spiro atoms. The number of nitrogens with zero attached hydrogens (tertiary/aromatic N) is 6. The molecule has 19 heteroatoms. The van der Waals surface area contributed by atoms with E-state index in [1.54, 1.807) is 47.5 Å². The van der Waals surface area contributed by atoms with Crippen molar-refractivity contribution in [2.75, 3.05) is 36.2 Å². The highest BCUT2D eigenvalue weighted by Crippen LogP contribution is 2.42. The van der Waals surface area contributed by atoms with E-state index < -0.39 is 57.6 Å². The van der Waals surface area contributed by atoms with Gasteiger partial charge in [-0.25, -0.2) is 13.8 Å². The maximum Gasteiger partial charge on any atom is 0.420 e. The Morgan fingerprint density at radius 1 is 0.985 bits per heavy atom. The number of ether oxygens (including phenoxy) is 2. The molecular weight excluding hydrogens is 908 g/mol. The first kappa shape index (κ1) is 49.1. The fourth-order valence-electron chi connectivity index (χ4n) is 8.26. The monoisotopic (exact) mass is 956 g/mol. The number of amides is 3. The van der Waals surface area contributed by atoms with Crippen LogP contribution in [0.15, 0.2) is 85.2 Å². The van der Waals surface area contributed by atoms with Crippen LogP contribution in [-0.4, -0.2) is 80.6 Å². The number of pyridine rings is 1. The van der Waals surface area contributed by atoms with Crippen molar-refractivity contribution >= 4 is 46.4 Å². The molecule has 3 aromatic carbocycles. The number of nitrogens with one attached hydrogen (secondary N) is 2. The molecule has 3 amide bonds. The lowest BCUT2D eigenvalue weighted by molar-refractivity contribution is -0.141. The van der Waals surface area contributed by atoms with Crippen LogP contribution in [0.1, 0.15) is 83.3 Å². The van der Waals surface area contributed by atoms with E-state index >= 15 is 4.39 Å². The van der Waals surface area contributed by atoms with Gasteiger partial charge in [0.15, 0.2) is 10.9 Å². The second-order valence-electron chi connectivity index (χ2n) is 18.0. The third-order valence-corrected chi connectivity index (χ3v) is 12.1. The summed E-state index contributed by atoms with van der Waals surface area (Å²) in [4.78, 5) is 56.8. The smallest absolute Gasteiger partial charge is 0.420 e. The van der Waals surface area contributed by atoms with Crippen LogP contribution >= 0.6 is 12.2 Å². The number of unbranched alkanes of at least 4 members (excludes halogenated alkanes) is 1. The van der Waals surface area contributed by atoms with Gasteiger partial charge in [-0.1, -0.05) is 32.9 Å². The normalized spacial score (nSPS) is 16.5. The van der Waals surface area contributed by atoms with Crippen molar-refractivity contribution in [3.8, 4) is 34.3 Å². The highest BCUT2D eigenvalue weighted by Gasteiger charge is 2.52. The number of hydrogen-bond donors (Lipinski definition) is 2. The van der Waals surface area contributed by atoms with E-state index in [4.69, 9.17) is 21.7 Å². The fourth-order valence-corrected chi connectivity index (χ4v) is 8.78. The summed E-state index contributed by atoms with van der Waals surface area (Å²) in [6, 6.07) is 18.6. The number of alkyl halides is 3. The number of hydrogen-bond acceptors (Lipinski definition) is 9. The van der Waals surface area contributed by atoms with Gasteiger partial charge in [0.2, 0.25) is 11.8 Å². The lowest BCUT2D eigenvalue weighted by Gasteiger charge is -2.35. The summed E-state index contributed by atoms with van der Waals surface area (Å²) in [5, 5.41) is 11.8. The van der Waals surface area contributed by atoms with Crippen molar-refractivity contribution in [2.45, 2.75) is 84.1 Å². The predicted molar refractivity (Wildman–Crippen MR) is 247 cm³/mol. The standard InChI is InChI=1S/C49H49F5N8O5S/c1-47(2,3)42(44(64)60-21-9-12-38(60)43-57-27-36(58-43)30-10-8-11-32(50)24-30)59-39(63)28-66-22-6-7-23-67-34-17-13-29(14-18-34)35-19-16-33(26-56-35)62-46(68)61(45(65)48(62,4)5)37-20-15-31(25-55)40(41(37)51)49(52,53)54/h8,10-11,13-20,24,26-27,38,42H,6-7,9,12,21-23,28H2,1-5H3,(H,57,58)(H,59,63). The van der Waals surface area contributed by atoms with Gasteiger partial charge in [-0.15, -0.1) is 0 Å². The van der Waals surface area contributed by atoms with Gasteiger partial charge in [0.1, 0.15) is 41.1 Å². The molecule has 13 nitrogen and oxygen atoms in total. The maximum atomic E-state index is 15.4. The Hall–Kier alpha value is -6.78. The van der Waals surface area contributed by atoms with Gasteiger partial charge < -0.3 is 29.6 Å². The number of H-pyrrole nitrogens is 1. The van der Waals surface area contributed by atoms with Crippen molar-refractivity contribution in [3.63, 3.8) is 0 Å². The highest BCUT2D eigenvalue weighted by molar-refractivity contribution is 7.81. The third-order valence-electron chi connectivity index (χ3n) is 11.8. The molecule has 0 radical (unpaired) electrons. The number of thiocarbonyl (C=S) groups is 1. The molecule has 356 valence electrons. The van der Waals surface area contributed by atoms with Gasteiger partial charge in [0.25, 0.3) is 5.91 Å². The number of imidazole rings is 1. The Labute approximate surface area is 395 Å². The minimum Gasteiger partial charge on any atom is -0.494 e. The van der Waals surface area contributed by atoms with Crippen LogP contribution in [0.4, 0.5) is 33.3 Å². The Kier molecular flexibility index (Phi) is 14.3. The number of nitriles is 1. The van der Waals surface area contributed by atoms with E-state index in [-0.39, 0.29) is 29.5 Å².